The van der Waals surface area contributed by atoms with Gasteiger partial charge in [0.25, 0.3) is 0 Å². The summed E-state index contributed by atoms with van der Waals surface area (Å²) in [4.78, 5) is 4.03. The monoisotopic (exact) mass is 128 g/mol. The third-order valence-electron chi connectivity index (χ3n) is 0.933. The quantitative estimate of drug-likeness (QED) is 0.463. The van der Waals surface area contributed by atoms with Crippen molar-refractivity contribution in [3.8, 4) is 0 Å². The largest absolute Gasteiger partial charge is 0.374 e. The molecule has 0 saturated heterocycles. The molecule has 0 saturated carbocycles. The molecule has 0 bridgehead atoms. The predicted molar refractivity (Wildman–Crippen MR) is 38.2 cm³/mol. The van der Waals surface area contributed by atoms with Gasteiger partial charge in [-0.1, -0.05) is 0 Å². The van der Waals surface area contributed by atoms with Gasteiger partial charge in [0.1, 0.15) is 0 Å². The van der Waals surface area contributed by atoms with Gasteiger partial charge in [0.15, 0.2) is 0 Å². The Kier molecular flexibility index (Phi) is 1.58. The minimum Gasteiger partial charge on any atom is -0.374 e. The first-order valence-electron chi connectivity index (χ1n) is 2.45. The van der Waals surface area contributed by atoms with Crippen LogP contribution < -0.4 is 5.32 Å². The highest BCUT2D eigenvalue weighted by molar-refractivity contribution is 7.84. The highest BCUT2D eigenvalue weighted by Crippen LogP contribution is 1.99. The SMILES string of the molecule is CC1=NC=C(S)NC1. The van der Waals surface area contributed by atoms with Crippen molar-refractivity contribution >= 4 is 18.3 Å². The second kappa shape index (κ2) is 2.22. The van der Waals surface area contributed by atoms with Gasteiger partial charge in [-0.25, -0.2) is 0 Å². The van der Waals surface area contributed by atoms with E-state index in [0.29, 0.717) is 0 Å². The maximum atomic E-state index is 4.04. The summed E-state index contributed by atoms with van der Waals surface area (Å²) in [6, 6.07) is 0. The predicted octanol–water partition coefficient (Wildman–Crippen LogP) is 0.779. The molecule has 0 spiro atoms. The zero-order valence-corrected chi connectivity index (χ0v) is 5.57. The van der Waals surface area contributed by atoms with E-state index in [0.717, 1.165) is 17.3 Å². The molecule has 2 nitrogen and oxygen atoms in total. The van der Waals surface area contributed by atoms with Crippen molar-refractivity contribution in [1.29, 1.82) is 0 Å². The lowest BCUT2D eigenvalue weighted by molar-refractivity contribution is 0.967. The van der Waals surface area contributed by atoms with Crippen LogP contribution in [0.4, 0.5) is 0 Å². The average molecular weight is 128 g/mol. The van der Waals surface area contributed by atoms with Gasteiger partial charge in [0.05, 0.1) is 17.8 Å². The van der Waals surface area contributed by atoms with E-state index in [1.165, 1.54) is 0 Å². The summed E-state index contributed by atoms with van der Waals surface area (Å²) < 4.78 is 0. The van der Waals surface area contributed by atoms with E-state index in [1.54, 1.807) is 6.20 Å². The minimum absolute atomic E-state index is 0.829. The van der Waals surface area contributed by atoms with Gasteiger partial charge in [-0.15, -0.1) is 12.6 Å². The van der Waals surface area contributed by atoms with Crippen LogP contribution in [-0.4, -0.2) is 12.3 Å². The number of rotatable bonds is 0. The van der Waals surface area contributed by atoms with Gasteiger partial charge in [0.2, 0.25) is 0 Å². The van der Waals surface area contributed by atoms with Crippen LogP contribution in [0, 0.1) is 0 Å². The molecule has 0 aromatic rings. The van der Waals surface area contributed by atoms with Crippen LogP contribution in [-0.2, 0) is 0 Å². The Bertz CT molecular complexity index is 131. The first-order chi connectivity index (χ1) is 3.79. The van der Waals surface area contributed by atoms with Gasteiger partial charge >= 0.3 is 0 Å². The van der Waals surface area contributed by atoms with E-state index in [-0.39, 0.29) is 0 Å². The second-order valence-corrected chi connectivity index (χ2v) is 2.21. The van der Waals surface area contributed by atoms with E-state index in [2.05, 4.69) is 22.9 Å². The topological polar surface area (TPSA) is 24.4 Å². The van der Waals surface area contributed by atoms with Crippen LogP contribution in [0.2, 0.25) is 0 Å². The van der Waals surface area contributed by atoms with Crippen LogP contribution in [0.5, 0.6) is 0 Å². The normalized spacial score (nSPS) is 18.8. The molecule has 1 aliphatic heterocycles. The summed E-state index contributed by atoms with van der Waals surface area (Å²) >= 11 is 4.04. The molecule has 0 aromatic carbocycles. The number of hydrogen-bond donors (Lipinski definition) is 2. The van der Waals surface area contributed by atoms with Crippen LogP contribution in [0.25, 0.3) is 0 Å². The third kappa shape index (κ3) is 1.26. The Morgan fingerprint density at radius 3 is 3.00 bits per heavy atom. The zero-order valence-electron chi connectivity index (χ0n) is 4.68. The Hall–Kier alpha value is -0.440. The van der Waals surface area contributed by atoms with Crippen molar-refractivity contribution in [2.24, 2.45) is 4.99 Å². The molecular weight excluding hydrogens is 120 g/mol. The molecular formula is C5H8N2S. The lowest BCUT2D eigenvalue weighted by Crippen LogP contribution is -2.20. The summed E-state index contributed by atoms with van der Waals surface area (Å²) in [6.07, 6.45) is 1.71. The molecule has 0 aliphatic carbocycles. The Morgan fingerprint density at radius 2 is 2.62 bits per heavy atom. The van der Waals surface area contributed by atoms with E-state index < -0.39 is 0 Å². The second-order valence-electron chi connectivity index (χ2n) is 1.73. The molecule has 0 aromatic heterocycles. The van der Waals surface area contributed by atoms with Gasteiger partial charge in [-0.3, -0.25) is 4.99 Å². The molecule has 1 rings (SSSR count). The first kappa shape index (κ1) is 5.69. The molecule has 1 N–H and O–H groups in total. The van der Waals surface area contributed by atoms with E-state index in [4.69, 9.17) is 0 Å². The Labute approximate surface area is 54.1 Å². The molecule has 3 heteroatoms. The van der Waals surface area contributed by atoms with Crippen molar-refractivity contribution in [3.05, 3.63) is 11.2 Å². The maximum Gasteiger partial charge on any atom is 0.0839 e. The molecule has 0 fully saturated rings. The smallest absolute Gasteiger partial charge is 0.0839 e. The van der Waals surface area contributed by atoms with E-state index in [9.17, 15) is 0 Å². The first-order valence-corrected chi connectivity index (χ1v) is 2.90. The fraction of sp³-hybridized carbons (Fsp3) is 0.400. The zero-order chi connectivity index (χ0) is 5.98. The van der Waals surface area contributed by atoms with Crippen molar-refractivity contribution in [2.75, 3.05) is 6.54 Å². The number of hydrogen-bond acceptors (Lipinski definition) is 3. The van der Waals surface area contributed by atoms with Crippen molar-refractivity contribution in [2.45, 2.75) is 6.92 Å². The summed E-state index contributed by atoms with van der Waals surface area (Å²) in [5.41, 5.74) is 1.10. The lowest BCUT2D eigenvalue weighted by atomic mass is 10.4. The van der Waals surface area contributed by atoms with Crippen LogP contribution in [0.15, 0.2) is 16.2 Å². The molecule has 0 atom stereocenters. The third-order valence-corrected chi connectivity index (χ3v) is 1.21. The average Bonchev–Trinajstić information content (AvgIpc) is 1.77. The molecule has 0 amide bonds. The number of nitrogens with zero attached hydrogens (tertiary/aromatic N) is 1. The molecule has 0 unspecified atom stereocenters. The van der Waals surface area contributed by atoms with Crippen molar-refractivity contribution in [1.82, 2.24) is 5.32 Å². The minimum atomic E-state index is 0.829. The van der Waals surface area contributed by atoms with Crippen LogP contribution in [0.3, 0.4) is 0 Å². The summed E-state index contributed by atoms with van der Waals surface area (Å²) in [5.74, 6) is 0. The lowest BCUT2D eigenvalue weighted by Gasteiger charge is -2.07. The summed E-state index contributed by atoms with van der Waals surface area (Å²) in [7, 11) is 0. The van der Waals surface area contributed by atoms with Crippen LogP contribution >= 0.6 is 12.6 Å². The standard InChI is InChI=1S/C5H8N2S/c1-4-2-7-5(8)3-6-4/h3,7-8H,2H2,1H3. The van der Waals surface area contributed by atoms with Gasteiger partial charge in [0, 0.05) is 5.71 Å². The van der Waals surface area contributed by atoms with E-state index in [1.807, 2.05) is 6.92 Å². The molecule has 1 aliphatic rings. The van der Waals surface area contributed by atoms with Gasteiger partial charge in [-0.05, 0) is 6.92 Å². The Balaban J connectivity index is 2.65. The van der Waals surface area contributed by atoms with Gasteiger partial charge in [-0.2, -0.15) is 0 Å². The Morgan fingerprint density at radius 1 is 1.88 bits per heavy atom. The number of nitrogens with one attached hydrogen (secondary N) is 1. The van der Waals surface area contributed by atoms with Crippen LogP contribution in [0.1, 0.15) is 6.92 Å². The van der Waals surface area contributed by atoms with Gasteiger partial charge < -0.3 is 5.32 Å². The molecule has 1 heterocycles. The molecule has 44 valence electrons. The highest BCUT2D eigenvalue weighted by atomic mass is 32.1. The highest BCUT2D eigenvalue weighted by Gasteiger charge is 1.95. The molecule has 8 heavy (non-hydrogen) atoms. The molecule has 0 radical (unpaired) electrons. The summed E-state index contributed by atoms with van der Waals surface area (Å²) in [6.45, 7) is 2.80. The van der Waals surface area contributed by atoms with Crippen molar-refractivity contribution < 1.29 is 0 Å². The number of thiol groups is 1. The van der Waals surface area contributed by atoms with E-state index >= 15 is 0 Å². The fourth-order valence-electron chi connectivity index (χ4n) is 0.481. The fourth-order valence-corrected chi connectivity index (χ4v) is 0.618. The van der Waals surface area contributed by atoms with Crippen molar-refractivity contribution in [3.63, 3.8) is 0 Å². The summed E-state index contributed by atoms with van der Waals surface area (Å²) in [5, 5.41) is 3.87. The number of aliphatic imine (C=N–C) groups is 1. The maximum absolute atomic E-state index is 4.04.